The molecule has 0 aromatic heterocycles. The number of aliphatic hydroxyl groups excluding tert-OH is 1. The molecule has 9 heavy (non-hydrogen) atoms. The molecule has 56 valence electrons. The average molecular weight is 132 g/mol. The first kappa shape index (κ1) is 8.92. The summed E-state index contributed by atoms with van der Waals surface area (Å²) in [5.74, 6) is 0. The molecular weight excluding hydrogens is 116 g/mol. The Morgan fingerprint density at radius 3 is 2.11 bits per heavy atom. The standard InChI is InChI=1S/C7H16O2/c1-6(8)5-7(2,3)9-4/h6,8H,5H2,1-4H3/t6-/m1/s1. The van der Waals surface area contributed by atoms with Crippen LogP contribution >= 0.6 is 0 Å². The smallest absolute Gasteiger partial charge is 0.0647 e. The lowest BCUT2D eigenvalue weighted by Gasteiger charge is -2.23. The maximum absolute atomic E-state index is 8.94. The fourth-order valence-corrected chi connectivity index (χ4v) is 0.795. The largest absolute Gasteiger partial charge is 0.393 e. The Morgan fingerprint density at radius 1 is 1.56 bits per heavy atom. The molecule has 0 unspecified atom stereocenters. The summed E-state index contributed by atoms with van der Waals surface area (Å²) in [7, 11) is 1.66. The van der Waals surface area contributed by atoms with Gasteiger partial charge in [-0.15, -0.1) is 0 Å². The van der Waals surface area contributed by atoms with Gasteiger partial charge >= 0.3 is 0 Å². The van der Waals surface area contributed by atoms with Crippen molar-refractivity contribution < 1.29 is 9.84 Å². The predicted molar refractivity (Wildman–Crippen MR) is 37.4 cm³/mol. The average Bonchev–Trinajstić information content (AvgIpc) is 1.63. The number of aliphatic hydroxyl groups is 1. The van der Waals surface area contributed by atoms with E-state index in [1.165, 1.54) is 0 Å². The summed E-state index contributed by atoms with van der Waals surface area (Å²) < 4.78 is 5.09. The molecule has 0 saturated heterocycles. The summed E-state index contributed by atoms with van der Waals surface area (Å²) in [5.41, 5.74) is -0.186. The Bertz CT molecular complexity index is 77.0. The van der Waals surface area contributed by atoms with E-state index in [0.717, 1.165) is 0 Å². The number of hydrogen-bond donors (Lipinski definition) is 1. The quantitative estimate of drug-likeness (QED) is 0.625. The highest BCUT2D eigenvalue weighted by atomic mass is 16.5. The van der Waals surface area contributed by atoms with Crippen molar-refractivity contribution in [1.29, 1.82) is 0 Å². The van der Waals surface area contributed by atoms with Crippen LogP contribution in [-0.2, 0) is 4.74 Å². The van der Waals surface area contributed by atoms with Crippen molar-refractivity contribution in [3.05, 3.63) is 0 Å². The molecule has 0 aromatic rings. The van der Waals surface area contributed by atoms with Crippen LogP contribution in [0.15, 0.2) is 0 Å². The van der Waals surface area contributed by atoms with E-state index >= 15 is 0 Å². The SMILES string of the molecule is COC(C)(C)C[C@@H](C)O. The first-order valence-electron chi connectivity index (χ1n) is 3.21. The van der Waals surface area contributed by atoms with Crippen LogP contribution in [0.25, 0.3) is 0 Å². The van der Waals surface area contributed by atoms with Crippen molar-refractivity contribution in [2.75, 3.05) is 7.11 Å². The van der Waals surface area contributed by atoms with E-state index in [9.17, 15) is 0 Å². The molecular formula is C7H16O2. The van der Waals surface area contributed by atoms with Crippen LogP contribution < -0.4 is 0 Å². The lowest BCUT2D eigenvalue weighted by atomic mass is 10.0. The zero-order chi connectivity index (χ0) is 7.49. The molecule has 0 aliphatic carbocycles. The highest BCUT2D eigenvalue weighted by Crippen LogP contribution is 2.14. The number of hydrogen-bond acceptors (Lipinski definition) is 2. The predicted octanol–water partition coefficient (Wildman–Crippen LogP) is 1.18. The van der Waals surface area contributed by atoms with Crippen molar-refractivity contribution in [2.24, 2.45) is 0 Å². The van der Waals surface area contributed by atoms with Crippen molar-refractivity contribution in [1.82, 2.24) is 0 Å². The van der Waals surface area contributed by atoms with E-state index in [0.29, 0.717) is 6.42 Å². The van der Waals surface area contributed by atoms with Gasteiger partial charge in [-0.05, 0) is 20.8 Å². The molecule has 1 atom stereocenters. The van der Waals surface area contributed by atoms with E-state index in [4.69, 9.17) is 9.84 Å². The van der Waals surface area contributed by atoms with Crippen LogP contribution in [0.5, 0.6) is 0 Å². The van der Waals surface area contributed by atoms with Crippen molar-refractivity contribution in [2.45, 2.75) is 38.9 Å². The van der Waals surface area contributed by atoms with Crippen LogP contribution in [0.4, 0.5) is 0 Å². The van der Waals surface area contributed by atoms with Crippen molar-refractivity contribution in [3.63, 3.8) is 0 Å². The third-order valence-corrected chi connectivity index (χ3v) is 1.34. The van der Waals surface area contributed by atoms with Crippen LogP contribution in [0, 0.1) is 0 Å². The molecule has 0 aromatic carbocycles. The van der Waals surface area contributed by atoms with E-state index in [1.54, 1.807) is 14.0 Å². The summed E-state index contributed by atoms with van der Waals surface area (Å²) >= 11 is 0. The lowest BCUT2D eigenvalue weighted by Crippen LogP contribution is -2.27. The Labute approximate surface area is 56.8 Å². The fourth-order valence-electron chi connectivity index (χ4n) is 0.795. The van der Waals surface area contributed by atoms with Crippen LogP contribution in [0.1, 0.15) is 27.2 Å². The molecule has 0 bridgehead atoms. The Hall–Kier alpha value is -0.0800. The second kappa shape index (κ2) is 3.18. The second-order valence-corrected chi connectivity index (χ2v) is 3.02. The van der Waals surface area contributed by atoms with Gasteiger partial charge in [-0.3, -0.25) is 0 Å². The van der Waals surface area contributed by atoms with Gasteiger partial charge in [0.2, 0.25) is 0 Å². The van der Waals surface area contributed by atoms with E-state index < -0.39 is 0 Å². The summed E-state index contributed by atoms with van der Waals surface area (Å²) in [6.07, 6.45) is 0.406. The molecule has 1 N–H and O–H groups in total. The maximum Gasteiger partial charge on any atom is 0.0647 e. The molecule has 0 aliphatic heterocycles. The zero-order valence-corrected chi connectivity index (χ0v) is 6.64. The van der Waals surface area contributed by atoms with Gasteiger partial charge in [0, 0.05) is 13.5 Å². The maximum atomic E-state index is 8.94. The molecule has 0 heterocycles. The van der Waals surface area contributed by atoms with Gasteiger partial charge in [0.25, 0.3) is 0 Å². The Kier molecular flexibility index (Phi) is 3.15. The fraction of sp³-hybridized carbons (Fsp3) is 1.00. The van der Waals surface area contributed by atoms with Gasteiger partial charge in [0.05, 0.1) is 11.7 Å². The molecule has 0 spiro atoms. The second-order valence-electron chi connectivity index (χ2n) is 3.02. The molecule has 0 radical (unpaired) electrons. The van der Waals surface area contributed by atoms with E-state index in [1.807, 2.05) is 13.8 Å². The molecule has 0 aliphatic rings. The molecule has 2 nitrogen and oxygen atoms in total. The van der Waals surface area contributed by atoms with Crippen molar-refractivity contribution in [3.8, 4) is 0 Å². The normalized spacial score (nSPS) is 15.7. The molecule has 0 fully saturated rings. The third kappa shape index (κ3) is 4.43. The summed E-state index contributed by atoms with van der Waals surface area (Å²) in [6.45, 7) is 5.68. The topological polar surface area (TPSA) is 29.5 Å². The first-order chi connectivity index (χ1) is 3.98. The molecule has 0 saturated carbocycles. The minimum Gasteiger partial charge on any atom is -0.393 e. The molecule has 0 amide bonds. The summed E-state index contributed by atoms with van der Waals surface area (Å²) in [4.78, 5) is 0. The highest BCUT2D eigenvalue weighted by Gasteiger charge is 2.18. The van der Waals surface area contributed by atoms with Gasteiger partial charge in [0.1, 0.15) is 0 Å². The molecule has 0 rings (SSSR count). The van der Waals surface area contributed by atoms with Gasteiger partial charge in [0.15, 0.2) is 0 Å². The zero-order valence-electron chi connectivity index (χ0n) is 6.64. The van der Waals surface area contributed by atoms with E-state index in [2.05, 4.69) is 0 Å². The number of methoxy groups -OCH3 is 1. The van der Waals surface area contributed by atoms with Crippen LogP contribution in [0.2, 0.25) is 0 Å². The minimum absolute atomic E-state index is 0.186. The highest BCUT2D eigenvalue weighted by molar-refractivity contribution is 4.69. The van der Waals surface area contributed by atoms with Crippen molar-refractivity contribution >= 4 is 0 Å². The number of rotatable bonds is 3. The Morgan fingerprint density at radius 2 is 2.00 bits per heavy atom. The Balaban J connectivity index is 3.58. The van der Waals surface area contributed by atoms with Crippen LogP contribution in [0.3, 0.4) is 0 Å². The van der Waals surface area contributed by atoms with Gasteiger partial charge < -0.3 is 9.84 Å². The molecule has 2 heteroatoms. The number of ether oxygens (including phenoxy) is 1. The third-order valence-electron chi connectivity index (χ3n) is 1.34. The minimum atomic E-state index is -0.278. The van der Waals surface area contributed by atoms with Gasteiger partial charge in [-0.1, -0.05) is 0 Å². The van der Waals surface area contributed by atoms with Gasteiger partial charge in [-0.2, -0.15) is 0 Å². The lowest BCUT2D eigenvalue weighted by molar-refractivity contribution is -0.0151. The monoisotopic (exact) mass is 132 g/mol. The summed E-state index contributed by atoms with van der Waals surface area (Å²) in [5, 5.41) is 8.94. The van der Waals surface area contributed by atoms with E-state index in [-0.39, 0.29) is 11.7 Å². The first-order valence-corrected chi connectivity index (χ1v) is 3.21. The van der Waals surface area contributed by atoms with Gasteiger partial charge in [-0.25, -0.2) is 0 Å². The van der Waals surface area contributed by atoms with Crippen LogP contribution in [-0.4, -0.2) is 23.9 Å². The summed E-state index contributed by atoms with van der Waals surface area (Å²) in [6, 6.07) is 0.